The molecule has 0 aromatic heterocycles. The van der Waals surface area contributed by atoms with E-state index < -0.39 is 12.9 Å². The van der Waals surface area contributed by atoms with Crippen molar-refractivity contribution in [2.45, 2.75) is 51.8 Å². The number of hydrogen-bond acceptors (Lipinski definition) is 1. The average molecular weight is 226 g/mol. The predicted octanol–water partition coefficient (Wildman–Crippen LogP) is 4.40. The fourth-order valence-corrected chi connectivity index (χ4v) is 1.19. The van der Waals surface area contributed by atoms with Crippen LogP contribution >= 0.6 is 0 Å². The Bertz CT molecular complexity index is 327. The minimum atomic E-state index is -2.77. The molecule has 0 radical (unpaired) electrons. The third-order valence-electron chi connectivity index (χ3n) is 2.03. The third kappa shape index (κ3) is 13.2. The lowest BCUT2D eigenvalue weighted by Gasteiger charge is -1.93. The minimum Gasteiger partial charge on any atom is -0.396 e. The molecule has 0 aliphatic heterocycles. The number of hydrogen-bond donors (Lipinski definition) is 1. The molecule has 0 saturated heterocycles. The fraction of sp³-hybridized carbons (Fsp3) is 0.600. The molecule has 0 spiro atoms. The lowest BCUT2D eigenvalue weighted by molar-refractivity contribution is 0.283. The van der Waals surface area contributed by atoms with E-state index >= 15 is 0 Å². The number of allylic oxidation sites excluding steroid dienone is 6. The van der Waals surface area contributed by atoms with E-state index in [1.807, 2.05) is 12.2 Å². The highest BCUT2D eigenvalue weighted by atomic mass is 16.2. The van der Waals surface area contributed by atoms with Crippen LogP contribution in [0.2, 0.25) is 0 Å². The Labute approximate surface area is 106 Å². The van der Waals surface area contributed by atoms with Crippen LogP contribution in [0.1, 0.15) is 57.3 Å². The van der Waals surface area contributed by atoms with Crippen molar-refractivity contribution < 1.29 is 10.6 Å². The summed E-state index contributed by atoms with van der Waals surface area (Å²) in [7, 11) is 0. The standard InChI is InChI=1S/C15H26O/c1-2-3-4-5-6-7-8-9-10-11-12-13-14-15-16/h3-4,6-7,9-10,16H,2,5,8,11-15H2,1H3/i14D2,15D2. The minimum absolute atomic E-state index is 0.0124. The highest BCUT2D eigenvalue weighted by molar-refractivity contribution is 4.96. The molecular formula is C15H26O. The van der Waals surface area contributed by atoms with Crippen molar-refractivity contribution in [2.75, 3.05) is 6.56 Å². The van der Waals surface area contributed by atoms with E-state index in [1.54, 1.807) is 0 Å². The zero-order valence-corrected chi connectivity index (χ0v) is 10.2. The molecule has 0 amide bonds. The van der Waals surface area contributed by atoms with E-state index in [2.05, 4.69) is 31.2 Å². The maximum absolute atomic E-state index is 9.03. The molecule has 1 heteroatoms. The molecule has 0 rings (SSSR count). The van der Waals surface area contributed by atoms with Gasteiger partial charge in [0.25, 0.3) is 0 Å². The first-order valence-electron chi connectivity index (χ1n) is 7.98. The topological polar surface area (TPSA) is 20.2 Å². The van der Waals surface area contributed by atoms with Crippen LogP contribution in [0, 0.1) is 0 Å². The first kappa shape index (κ1) is 9.23. The van der Waals surface area contributed by atoms with Gasteiger partial charge < -0.3 is 5.11 Å². The van der Waals surface area contributed by atoms with Crippen molar-refractivity contribution in [1.29, 1.82) is 0 Å². The summed E-state index contributed by atoms with van der Waals surface area (Å²) in [5.41, 5.74) is 0. The Morgan fingerprint density at radius 2 is 1.56 bits per heavy atom. The van der Waals surface area contributed by atoms with E-state index in [9.17, 15) is 0 Å². The predicted molar refractivity (Wildman–Crippen MR) is 72.5 cm³/mol. The lowest BCUT2D eigenvalue weighted by atomic mass is 10.2. The van der Waals surface area contributed by atoms with Gasteiger partial charge in [0.1, 0.15) is 0 Å². The van der Waals surface area contributed by atoms with E-state index in [-0.39, 0.29) is 6.42 Å². The SMILES string of the molecule is [2H]C([2H])(O)C([2H])([2H])CCCC=CCC=CCC=CCC. The molecule has 0 unspecified atom stereocenters. The number of aliphatic hydroxyl groups is 1. The second kappa shape index (κ2) is 14.2. The van der Waals surface area contributed by atoms with Crippen LogP contribution in [0.15, 0.2) is 36.5 Å². The van der Waals surface area contributed by atoms with E-state index in [1.165, 1.54) is 0 Å². The quantitative estimate of drug-likeness (QED) is 0.432. The van der Waals surface area contributed by atoms with Crippen LogP contribution in [0.25, 0.3) is 0 Å². The molecule has 1 nitrogen and oxygen atoms in total. The molecule has 0 aromatic carbocycles. The first-order valence-corrected chi connectivity index (χ1v) is 5.98. The van der Waals surface area contributed by atoms with Crippen LogP contribution in [0.4, 0.5) is 0 Å². The third-order valence-corrected chi connectivity index (χ3v) is 2.03. The number of rotatable bonds is 10. The molecule has 0 bridgehead atoms. The van der Waals surface area contributed by atoms with E-state index in [0.717, 1.165) is 19.3 Å². The molecular weight excluding hydrogens is 196 g/mol. The Kier molecular flexibility index (Phi) is 8.18. The summed E-state index contributed by atoms with van der Waals surface area (Å²) in [6.07, 6.45) is 14.3. The maximum atomic E-state index is 9.03. The summed E-state index contributed by atoms with van der Waals surface area (Å²) in [4.78, 5) is 0. The molecule has 16 heavy (non-hydrogen) atoms. The highest BCUT2D eigenvalue weighted by Crippen LogP contribution is 2.00. The molecule has 0 atom stereocenters. The van der Waals surface area contributed by atoms with Gasteiger partial charge in [-0.2, -0.15) is 0 Å². The van der Waals surface area contributed by atoms with E-state index in [4.69, 9.17) is 10.6 Å². The molecule has 92 valence electrons. The van der Waals surface area contributed by atoms with Crippen LogP contribution in [0.5, 0.6) is 0 Å². The Hall–Kier alpha value is -0.820. The van der Waals surface area contributed by atoms with Crippen LogP contribution in [-0.4, -0.2) is 11.7 Å². The molecule has 0 heterocycles. The summed E-state index contributed by atoms with van der Waals surface area (Å²) in [5.74, 6) is 0. The van der Waals surface area contributed by atoms with Crippen molar-refractivity contribution in [3.63, 3.8) is 0 Å². The van der Waals surface area contributed by atoms with E-state index in [0.29, 0.717) is 12.8 Å². The zero-order chi connectivity index (χ0) is 15.5. The van der Waals surface area contributed by atoms with Crippen LogP contribution in [-0.2, 0) is 0 Å². The largest absolute Gasteiger partial charge is 0.396 e. The van der Waals surface area contributed by atoms with Crippen molar-refractivity contribution in [3.8, 4) is 0 Å². The van der Waals surface area contributed by atoms with Gasteiger partial charge in [0.15, 0.2) is 0 Å². The monoisotopic (exact) mass is 226 g/mol. The molecule has 0 fully saturated rings. The van der Waals surface area contributed by atoms with Crippen molar-refractivity contribution in [2.24, 2.45) is 0 Å². The Morgan fingerprint density at radius 3 is 2.19 bits per heavy atom. The summed E-state index contributed by atoms with van der Waals surface area (Å²) in [6, 6.07) is 0. The number of unbranched alkanes of at least 4 members (excludes halogenated alkanes) is 1. The fourth-order valence-electron chi connectivity index (χ4n) is 1.19. The smallest absolute Gasteiger partial charge is 0.0564 e. The molecule has 0 aliphatic carbocycles. The van der Waals surface area contributed by atoms with Gasteiger partial charge in [-0.05, 0) is 38.5 Å². The molecule has 1 N–H and O–H groups in total. The molecule has 0 saturated carbocycles. The maximum Gasteiger partial charge on any atom is 0.0564 e. The van der Waals surface area contributed by atoms with Gasteiger partial charge in [-0.25, -0.2) is 0 Å². The Balaban J connectivity index is 3.71. The molecule has 0 aromatic rings. The second-order valence-corrected chi connectivity index (χ2v) is 3.47. The first-order chi connectivity index (χ1) is 9.31. The summed E-state index contributed by atoms with van der Waals surface area (Å²) in [6.45, 7) is -0.668. The van der Waals surface area contributed by atoms with Crippen molar-refractivity contribution in [1.82, 2.24) is 0 Å². The zero-order valence-electron chi connectivity index (χ0n) is 14.2. The van der Waals surface area contributed by atoms with Crippen LogP contribution in [0.3, 0.4) is 0 Å². The average Bonchev–Trinajstić information content (AvgIpc) is 2.34. The summed E-state index contributed by atoms with van der Waals surface area (Å²) < 4.78 is 28.8. The van der Waals surface area contributed by atoms with Gasteiger partial charge in [0, 0.05) is 9.30 Å². The normalized spacial score (nSPS) is 17.9. The second-order valence-electron chi connectivity index (χ2n) is 3.47. The Morgan fingerprint density at radius 1 is 0.938 bits per heavy atom. The summed E-state index contributed by atoms with van der Waals surface area (Å²) >= 11 is 0. The molecule has 0 aliphatic rings. The van der Waals surface area contributed by atoms with Crippen molar-refractivity contribution in [3.05, 3.63) is 36.5 Å². The van der Waals surface area contributed by atoms with Gasteiger partial charge in [-0.1, -0.05) is 49.8 Å². The highest BCUT2D eigenvalue weighted by Gasteiger charge is 1.84. The van der Waals surface area contributed by atoms with Crippen molar-refractivity contribution >= 4 is 0 Å². The van der Waals surface area contributed by atoms with Gasteiger partial charge in [0.2, 0.25) is 0 Å². The van der Waals surface area contributed by atoms with Crippen LogP contribution < -0.4 is 0 Å². The lowest BCUT2D eigenvalue weighted by Crippen LogP contribution is -1.81. The van der Waals surface area contributed by atoms with Gasteiger partial charge in [-0.3, -0.25) is 0 Å². The summed E-state index contributed by atoms with van der Waals surface area (Å²) in [5, 5.41) is 9.03. The van der Waals surface area contributed by atoms with Gasteiger partial charge in [-0.15, -0.1) is 0 Å². The van der Waals surface area contributed by atoms with Gasteiger partial charge >= 0.3 is 0 Å². The van der Waals surface area contributed by atoms with Gasteiger partial charge in [0.05, 0.1) is 2.74 Å².